The van der Waals surface area contributed by atoms with E-state index in [-0.39, 0.29) is 6.61 Å². The van der Waals surface area contributed by atoms with Crippen molar-refractivity contribution in [2.24, 2.45) is 0 Å². The largest absolute Gasteiger partial charge is 0.394 e. The van der Waals surface area contributed by atoms with Crippen LogP contribution in [0.25, 0.3) is 16.7 Å². The van der Waals surface area contributed by atoms with E-state index in [0.29, 0.717) is 16.7 Å². The molecule has 110 valence electrons. The van der Waals surface area contributed by atoms with E-state index < -0.39 is 24.5 Å². The number of rotatable bonds is 2. The fourth-order valence-corrected chi connectivity index (χ4v) is 2.64. The zero-order valence-corrected chi connectivity index (χ0v) is 10.8. The number of hydrogen-bond donors (Lipinski definition) is 3. The van der Waals surface area contributed by atoms with Gasteiger partial charge in [-0.1, -0.05) is 0 Å². The maximum atomic E-state index is 10.1. The summed E-state index contributed by atoms with van der Waals surface area (Å²) in [5, 5.41) is 33.9. The van der Waals surface area contributed by atoms with Gasteiger partial charge >= 0.3 is 0 Å². The zero-order valence-electron chi connectivity index (χ0n) is 10.8. The molecule has 0 aliphatic carbocycles. The number of imidazole rings is 1. The first kappa shape index (κ1) is 12.7. The zero-order chi connectivity index (χ0) is 14.6. The van der Waals surface area contributed by atoms with Crippen LogP contribution in [0.15, 0.2) is 24.9 Å². The molecule has 0 unspecified atom stereocenters. The lowest BCUT2D eigenvalue weighted by atomic mass is 10.1. The third-order valence-corrected chi connectivity index (χ3v) is 3.74. The van der Waals surface area contributed by atoms with Crippen LogP contribution in [-0.4, -0.2) is 64.4 Å². The summed E-state index contributed by atoms with van der Waals surface area (Å²) < 4.78 is 8.62. The fourth-order valence-electron chi connectivity index (χ4n) is 2.64. The van der Waals surface area contributed by atoms with Gasteiger partial charge in [-0.2, -0.15) is 5.10 Å². The molecule has 1 saturated heterocycles. The number of aromatic nitrogens is 5. The second-order valence-corrected chi connectivity index (χ2v) is 4.96. The number of ether oxygens (including phenoxy) is 1. The van der Waals surface area contributed by atoms with Crippen LogP contribution in [0.4, 0.5) is 0 Å². The summed E-state index contributed by atoms with van der Waals surface area (Å²) in [6.45, 7) is -0.383. The summed E-state index contributed by atoms with van der Waals surface area (Å²) >= 11 is 0. The third kappa shape index (κ3) is 1.69. The van der Waals surface area contributed by atoms with Crippen molar-refractivity contribution in [2.75, 3.05) is 6.61 Å². The number of aliphatic hydroxyl groups is 3. The van der Waals surface area contributed by atoms with E-state index in [1.54, 1.807) is 29.3 Å². The van der Waals surface area contributed by atoms with Crippen molar-refractivity contribution < 1.29 is 20.1 Å². The molecular weight excluding hydrogens is 278 g/mol. The third-order valence-electron chi connectivity index (χ3n) is 3.74. The number of nitrogens with zero attached hydrogens (tertiary/aromatic N) is 5. The Balaban J connectivity index is 1.84. The van der Waals surface area contributed by atoms with Crippen LogP contribution < -0.4 is 0 Å². The first-order chi connectivity index (χ1) is 10.2. The Morgan fingerprint density at radius 2 is 2.05 bits per heavy atom. The van der Waals surface area contributed by atoms with Crippen LogP contribution in [0.1, 0.15) is 6.23 Å². The SMILES string of the molecule is OC[C@H]1O[C@@H](n2ncc3c2ncn2ccnc32)[C@H](O)[C@@H]1O. The van der Waals surface area contributed by atoms with E-state index in [1.165, 1.54) is 4.68 Å². The van der Waals surface area contributed by atoms with E-state index >= 15 is 0 Å². The molecule has 1 aliphatic rings. The monoisotopic (exact) mass is 291 g/mol. The topological polar surface area (TPSA) is 118 Å². The summed E-state index contributed by atoms with van der Waals surface area (Å²) in [5.74, 6) is 0. The second-order valence-electron chi connectivity index (χ2n) is 4.96. The van der Waals surface area contributed by atoms with E-state index in [1.807, 2.05) is 0 Å². The standard InChI is InChI=1S/C12H13N5O4/c18-4-7-8(19)9(20)12(21-7)17-11-6(3-15-17)10-13-1-2-16(10)5-14-11/h1-3,5,7-9,12,18-20H,4H2/t7-,8-,9-,12-/m1/s1. The molecule has 4 heterocycles. The van der Waals surface area contributed by atoms with Gasteiger partial charge < -0.3 is 20.1 Å². The molecule has 1 aliphatic heterocycles. The summed E-state index contributed by atoms with van der Waals surface area (Å²) in [7, 11) is 0. The quantitative estimate of drug-likeness (QED) is 0.536. The molecule has 9 heteroatoms. The molecule has 3 N–H and O–H groups in total. The van der Waals surface area contributed by atoms with Crippen LogP contribution in [0, 0.1) is 0 Å². The molecule has 3 aromatic rings. The van der Waals surface area contributed by atoms with Gasteiger partial charge in [-0.15, -0.1) is 0 Å². The van der Waals surface area contributed by atoms with Gasteiger partial charge in [0.05, 0.1) is 18.2 Å². The van der Waals surface area contributed by atoms with E-state index in [9.17, 15) is 10.2 Å². The molecule has 21 heavy (non-hydrogen) atoms. The molecule has 0 aromatic carbocycles. The first-order valence-electron chi connectivity index (χ1n) is 6.48. The Kier molecular flexibility index (Phi) is 2.69. The highest BCUT2D eigenvalue weighted by Gasteiger charge is 2.44. The summed E-state index contributed by atoms with van der Waals surface area (Å²) in [6.07, 6.45) is 2.48. The lowest BCUT2D eigenvalue weighted by molar-refractivity contribution is -0.0566. The van der Waals surface area contributed by atoms with Crippen LogP contribution in [0.5, 0.6) is 0 Å². The normalized spacial score (nSPS) is 29.7. The summed E-state index contributed by atoms with van der Waals surface area (Å²) in [5.41, 5.74) is 1.18. The lowest BCUT2D eigenvalue weighted by Crippen LogP contribution is -2.33. The van der Waals surface area contributed by atoms with Gasteiger partial charge in [0.25, 0.3) is 0 Å². The molecule has 0 radical (unpaired) electrons. The van der Waals surface area contributed by atoms with Crippen molar-refractivity contribution in [1.29, 1.82) is 0 Å². The minimum absolute atomic E-state index is 0.383. The highest BCUT2D eigenvalue weighted by Crippen LogP contribution is 2.31. The van der Waals surface area contributed by atoms with Crippen LogP contribution in [-0.2, 0) is 4.74 Å². The second kappa shape index (κ2) is 4.46. The Hall–Kier alpha value is -2.07. The van der Waals surface area contributed by atoms with Gasteiger partial charge in [0.1, 0.15) is 24.6 Å². The molecule has 3 aromatic heterocycles. The first-order valence-corrected chi connectivity index (χ1v) is 6.48. The van der Waals surface area contributed by atoms with Gasteiger partial charge in [-0.3, -0.25) is 4.40 Å². The molecule has 0 bridgehead atoms. The average molecular weight is 291 g/mol. The molecule has 9 nitrogen and oxygen atoms in total. The average Bonchev–Trinajstić information content (AvgIpc) is 3.17. The predicted octanol–water partition coefficient (Wildman–Crippen LogP) is -1.31. The molecule has 4 rings (SSSR count). The minimum atomic E-state index is -1.19. The number of fused-ring (bicyclic) bond motifs is 3. The van der Waals surface area contributed by atoms with Crippen LogP contribution in [0.2, 0.25) is 0 Å². The molecule has 0 saturated carbocycles. The van der Waals surface area contributed by atoms with Crippen molar-refractivity contribution in [1.82, 2.24) is 24.1 Å². The Labute approximate surface area is 118 Å². The molecule has 1 fully saturated rings. The van der Waals surface area contributed by atoms with Gasteiger partial charge in [0.2, 0.25) is 0 Å². The van der Waals surface area contributed by atoms with Crippen molar-refractivity contribution >= 4 is 16.7 Å². The van der Waals surface area contributed by atoms with Gasteiger partial charge in [0, 0.05) is 12.4 Å². The van der Waals surface area contributed by atoms with Crippen molar-refractivity contribution in [3.05, 3.63) is 24.9 Å². The van der Waals surface area contributed by atoms with Crippen LogP contribution >= 0.6 is 0 Å². The highest BCUT2D eigenvalue weighted by atomic mass is 16.6. The van der Waals surface area contributed by atoms with Crippen molar-refractivity contribution in [2.45, 2.75) is 24.5 Å². The molecular formula is C12H13N5O4. The highest BCUT2D eigenvalue weighted by molar-refractivity contribution is 5.88. The fraction of sp³-hybridized carbons (Fsp3) is 0.417. The van der Waals surface area contributed by atoms with Gasteiger partial charge in [0.15, 0.2) is 17.5 Å². The van der Waals surface area contributed by atoms with Crippen LogP contribution in [0.3, 0.4) is 0 Å². The Morgan fingerprint density at radius 3 is 2.81 bits per heavy atom. The number of aliphatic hydroxyl groups excluding tert-OH is 3. The maximum absolute atomic E-state index is 10.1. The summed E-state index contributed by atoms with van der Waals surface area (Å²) in [6, 6.07) is 0. The number of hydrogen-bond acceptors (Lipinski definition) is 7. The Morgan fingerprint density at radius 1 is 1.19 bits per heavy atom. The van der Waals surface area contributed by atoms with Crippen molar-refractivity contribution in [3.63, 3.8) is 0 Å². The molecule has 4 atom stereocenters. The van der Waals surface area contributed by atoms with Gasteiger partial charge in [-0.25, -0.2) is 14.6 Å². The smallest absolute Gasteiger partial charge is 0.181 e. The maximum Gasteiger partial charge on any atom is 0.181 e. The Bertz CT molecular complexity index is 799. The minimum Gasteiger partial charge on any atom is -0.394 e. The van der Waals surface area contributed by atoms with E-state index in [2.05, 4.69) is 15.1 Å². The lowest BCUT2D eigenvalue weighted by Gasteiger charge is -2.15. The van der Waals surface area contributed by atoms with E-state index in [0.717, 1.165) is 0 Å². The molecule has 0 spiro atoms. The van der Waals surface area contributed by atoms with Crippen molar-refractivity contribution in [3.8, 4) is 0 Å². The molecule has 0 amide bonds. The summed E-state index contributed by atoms with van der Waals surface area (Å²) in [4.78, 5) is 8.51. The van der Waals surface area contributed by atoms with Gasteiger partial charge in [-0.05, 0) is 0 Å². The predicted molar refractivity (Wildman–Crippen MR) is 69.3 cm³/mol. The van der Waals surface area contributed by atoms with E-state index in [4.69, 9.17) is 9.84 Å².